The normalized spacial score (nSPS) is 17.5. The Balaban J connectivity index is 1.53. The number of ether oxygens (including phenoxy) is 1. The largest absolute Gasteiger partial charge is 0.418 e. The highest BCUT2D eigenvalue weighted by molar-refractivity contribution is 7.18. The second kappa shape index (κ2) is 11.4. The second-order valence-electron chi connectivity index (χ2n) is 8.90. The molecule has 1 saturated carbocycles. The number of hydrogen-bond donors (Lipinski definition) is 2. The van der Waals surface area contributed by atoms with Gasteiger partial charge in [0.2, 0.25) is 5.91 Å². The van der Waals surface area contributed by atoms with E-state index in [1.165, 1.54) is 12.1 Å². The first-order chi connectivity index (χ1) is 17.5. The Hall–Kier alpha value is -2.67. The average molecular weight is 559 g/mol. The smallest absolute Gasteiger partial charge is 0.370 e. The Kier molecular flexibility index (Phi) is 8.42. The highest BCUT2D eigenvalue weighted by Gasteiger charge is 2.38. The Morgan fingerprint density at radius 3 is 2.62 bits per heavy atom. The minimum Gasteiger partial charge on any atom is -0.370 e. The lowest BCUT2D eigenvalue weighted by molar-refractivity contribution is -0.137. The molecule has 1 aromatic carbocycles. The van der Waals surface area contributed by atoms with Gasteiger partial charge in [0.1, 0.15) is 12.6 Å². The fraction of sp³-hybridized carbons (Fsp3) is 0.458. The lowest BCUT2D eigenvalue weighted by atomic mass is 9.90. The molecule has 1 saturated heterocycles. The summed E-state index contributed by atoms with van der Waals surface area (Å²) >= 11 is 7.00. The van der Waals surface area contributed by atoms with Crippen LogP contribution in [0.5, 0.6) is 0 Å². The van der Waals surface area contributed by atoms with Crippen LogP contribution in [0.25, 0.3) is 0 Å². The summed E-state index contributed by atoms with van der Waals surface area (Å²) in [4.78, 5) is 41.2. The van der Waals surface area contributed by atoms with E-state index < -0.39 is 35.5 Å². The van der Waals surface area contributed by atoms with E-state index in [-0.39, 0.29) is 43.7 Å². The number of rotatable bonds is 8. The number of hydrogen-bond acceptors (Lipinski definition) is 6. The molecule has 13 heteroatoms. The lowest BCUT2D eigenvalue weighted by Crippen LogP contribution is -2.54. The van der Waals surface area contributed by atoms with E-state index in [9.17, 15) is 27.6 Å². The van der Waals surface area contributed by atoms with Gasteiger partial charge in [0.05, 0.1) is 27.1 Å². The standard InChI is InChI=1S/C24H26ClF3N4O4S/c1-31(15-3-2-4-15)18(12-29-23(35)19-7-8-20(25)37-19)22(34)30-14-5-6-17(16(11-14)24(26,27)28)32-9-10-36-13-21(32)33/h5-8,11,15,18H,2-4,9-10,12-13H2,1H3,(H,29,35)(H,30,34)/t18-/m1/s1. The van der Waals surface area contributed by atoms with E-state index in [0.717, 1.165) is 41.6 Å². The summed E-state index contributed by atoms with van der Waals surface area (Å²) in [5.74, 6) is -1.52. The van der Waals surface area contributed by atoms with Gasteiger partial charge >= 0.3 is 6.18 Å². The van der Waals surface area contributed by atoms with Gasteiger partial charge in [-0.15, -0.1) is 11.3 Å². The van der Waals surface area contributed by atoms with Gasteiger partial charge in [0, 0.05) is 24.8 Å². The number of likely N-dealkylation sites (N-methyl/N-ethyl adjacent to an activating group) is 1. The van der Waals surface area contributed by atoms with E-state index in [0.29, 0.717) is 9.21 Å². The molecule has 1 aromatic heterocycles. The van der Waals surface area contributed by atoms with Gasteiger partial charge in [-0.3, -0.25) is 19.3 Å². The van der Waals surface area contributed by atoms with Crippen LogP contribution in [0.15, 0.2) is 30.3 Å². The number of benzene rings is 1. The average Bonchev–Trinajstić information content (AvgIpc) is 3.24. The quantitative estimate of drug-likeness (QED) is 0.511. The molecule has 1 aliphatic heterocycles. The SMILES string of the molecule is CN(C1CCC1)[C@H](CNC(=O)c1ccc(Cl)s1)C(=O)Nc1ccc(N2CCOCC2=O)c(C(F)(F)F)c1. The van der Waals surface area contributed by atoms with Crippen LogP contribution in [-0.4, -0.2) is 68.1 Å². The molecule has 0 unspecified atom stereocenters. The fourth-order valence-corrected chi connectivity index (χ4v) is 5.22. The minimum absolute atomic E-state index is 0.00295. The van der Waals surface area contributed by atoms with Crippen molar-refractivity contribution in [3.8, 4) is 0 Å². The topological polar surface area (TPSA) is 91.0 Å². The van der Waals surface area contributed by atoms with Crippen LogP contribution in [0.2, 0.25) is 4.34 Å². The van der Waals surface area contributed by atoms with Crippen molar-refractivity contribution < 1.29 is 32.3 Å². The number of alkyl halides is 3. The van der Waals surface area contributed by atoms with Crippen LogP contribution in [0.4, 0.5) is 24.5 Å². The third kappa shape index (κ3) is 6.43. The summed E-state index contributed by atoms with van der Waals surface area (Å²) in [6.45, 7) is -0.217. The van der Waals surface area contributed by atoms with Gasteiger partial charge in [-0.1, -0.05) is 18.0 Å². The third-order valence-corrected chi connectivity index (χ3v) is 7.77. The molecule has 0 spiro atoms. The summed E-state index contributed by atoms with van der Waals surface area (Å²) in [5, 5.41) is 5.30. The molecule has 200 valence electrons. The summed E-state index contributed by atoms with van der Waals surface area (Å²) in [7, 11) is 1.76. The number of halogens is 4. The zero-order valence-electron chi connectivity index (χ0n) is 19.9. The molecule has 0 bridgehead atoms. The monoisotopic (exact) mass is 558 g/mol. The number of nitrogens with one attached hydrogen (secondary N) is 2. The number of amides is 3. The predicted octanol–water partition coefficient (Wildman–Crippen LogP) is 4.00. The summed E-state index contributed by atoms with van der Waals surface area (Å²) in [5.41, 5.74) is -1.39. The Morgan fingerprint density at radius 2 is 2.03 bits per heavy atom. The first-order valence-corrected chi connectivity index (χ1v) is 12.9. The molecule has 1 atom stereocenters. The van der Waals surface area contributed by atoms with Crippen molar-refractivity contribution >= 4 is 52.0 Å². The number of carbonyl (C=O) groups excluding carboxylic acids is 3. The van der Waals surface area contributed by atoms with Crippen molar-refractivity contribution in [1.82, 2.24) is 10.2 Å². The predicted molar refractivity (Wildman–Crippen MR) is 134 cm³/mol. The number of thiophene rings is 1. The number of anilines is 2. The molecule has 2 aliphatic rings. The molecule has 1 aliphatic carbocycles. The molecule has 2 N–H and O–H groups in total. The molecular formula is C24H26ClF3N4O4S. The molecule has 2 aromatic rings. The van der Waals surface area contributed by atoms with Crippen molar-refractivity contribution in [3.05, 3.63) is 45.1 Å². The first-order valence-electron chi connectivity index (χ1n) is 11.7. The Bertz CT molecular complexity index is 1170. The first kappa shape index (κ1) is 27.4. The van der Waals surface area contributed by atoms with Crippen molar-refractivity contribution in [2.75, 3.05) is 43.6 Å². The Morgan fingerprint density at radius 1 is 1.27 bits per heavy atom. The van der Waals surface area contributed by atoms with Gasteiger partial charge in [-0.05, 0) is 50.2 Å². The molecule has 3 amide bonds. The van der Waals surface area contributed by atoms with E-state index in [4.69, 9.17) is 16.3 Å². The summed E-state index contributed by atoms with van der Waals surface area (Å²) in [6, 6.07) is 5.81. The van der Waals surface area contributed by atoms with Crippen molar-refractivity contribution in [3.63, 3.8) is 0 Å². The van der Waals surface area contributed by atoms with E-state index >= 15 is 0 Å². The van der Waals surface area contributed by atoms with Crippen LogP contribution in [-0.2, 0) is 20.5 Å². The zero-order chi connectivity index (χ0) is 26.7. The van der Waals surface area contributed by atoms with Crippen molar-refractivity contribution in [2.45, 2.75) is 37.5 Å². The maximum atomic E-state index is 13.9. The molecule has 37 heavy (non-hydrogen) atoms. The highest BCUT2D eigenvalue weighted by Crippen LogP contribution is 2.39. The zero-order valence-corrected chi connectivity index (χ0v) is 21.5. The van der Waals surface area contributed by atoms with E-state index in [1.54, 1.807) is 19.2 Å². The fourth-order valence-electron chi connectivity index (χ4n) is 4.26. The van der Waals surface area contributed by atoms with Crippen LogP contribution in [0, 0.1) is 0 Å². The highest BCUT2D eigenvalue weighted by atomic mass is 35.5. The maximum Gasteiger partial charge on any atom is 0.418 e. The summed E-state index contributed by atoms with van der Waals surface area (Å²) < 4.78 is 47.2. The number of nitrogens with zero attached hydrogens (tertiary/aromatic N) is 2. The molecular weight excluding hydrogens is 533 g/mol. The van der Waals surface area contributed by atoms with Crippen LogP contribution >= 0.6 is 22.9 Å². The van der Waals surface area contributed by atoms with Crippen molar-refractivity contribution in [2.24, 2.45) is 0 Å². The van der Waals surface area contributed by atoms with Gasteiger partial charge in [0.25, 0.3) is 11.8 Å². The van der Waals surface area contributed by atoms with Gasteiger partial charge in [0.15, 0.2) is 0 Å². The van der Waals surface area contributed by atoms with Gasteiger partial charge < -0.3 is 20.3 Å². The molecule has 2 fully saturated rings. The number of morpholine rings is 1. The van der Waals surface area contributed by atoms with Crippen LogP contribution in [0.3, 0.4) is 0 Å². The molecule has 0 radical (unpaired) electrons. The summed E-state index contributed by atoms with van der Waals surface area (Å²) in [6.07, 6.45) is -1.97. The minimum atomic E-state index is -4.76. The number of carbonyl (C=O) groups is 3. The van der Waals surface area contributed by atoms with Crippen LogP contribution < -0.4 is 15.5 Å². The lowest BCUT2D eigenvalue weighted by Gasteiger charge is -2.39. The van der Waals surface area contributed by atoms with Gasteiger partial charge in [-0.2, -0.15) is 13.2 Å². The maximum absolute atomic E-state index is 13.9. The van der Waals surface area contributed by atoms with Crippen LogP contribution in [0.1, 0.15) is 34.5 Å². The Labute approximate surface area is 220 Å². The third-order valence-electron chi connectivity index (χ3n) is 6.54. The molecule has 4 rings (SSSR count). The second-order valence-corrected chi connectivity index (χ2v) is 10.6. The molecule has 8 nitrogen and oxygen atoms in total. The molecule has 2 heterocycles. The van der Waals surface area contributed by atoms with Crippen molar-refractivity contribution in [1.29, 1.82) is 0 Å². The van der Waals surface area contributed by atoms with E-state index in [1.807, 2.05) is 4.90 Å². The van der Waals surface area contributed by atoms with Gasteiger partial charge in [-0.25, -0.2) is 0 Å². The van der Waals surface area contributed by atoms with E-state index in [2.05, 4.69) is 10.6 Å².